The number of anilines is 1. The van der Waals surface area contributed by atoms with Crippen LogP contribution < -0.4 is 10.6 Å². The maximum absolute atomic E-state index is 12.3. The van der Waals surface area contributed by atoms with E-state index < -0.39 is 11.8 Å². The molecule has 174 valence electrons. The van der Waals surface area contributed by atoms with Gasteiger partial charge in [-0.3, -0.25) is 14.9 Å². The van der Waals surface area contributed by atoms with Gasteiger partial charge in [0, 0.05) is 40.4 Å². The Labute approximate surface area is 206 Å². The van der Waals surface area contributed by atoms with E-state index in [1.165, 1.54) is 19.3 Å². The lowest BCUT2D eigenvalue weighted by Crippen LogP contribution is -2.30. The summed E-state index contributed by atoms with van der Waals surface area (Å²) < 4.78 is 0. The van der Waals surface area contributed by atoms with Gasteiger partial charge in [0.2, 0.25) is 0 Å². The van der Waals surface area contributed by atoms with E-state index in [2.05, 4.69) is 22.5 Å². The molecule has 0 spiro atoms. The highest BCUT2D eigenvalue weighted by atomic mass is 35.5. The maximum atomic E-state index is 12.3. The minimum absolute atomic E-state index is 0.401. The highest BCUT2D eigenvalue weighted by Crippen LogP contribution is 2.12. The van der Waals surface area contributed by atoms with E-state index >= 15 is 0 Å². The Morgan fingerprint density at radius 3 is 2.03 bits per heavy atom. The molecule has 3 rings (SSSR count). The van der Waals surface area contributed by atoms with Crippen molar-refractivity contribution in [2.24, 2.45) is 0 Å². The summed E-state index contributed by atoms with van der Waals surface area (Å²) in [6, 6.07) is 23.5. The van der Waals surface area contributed by atoms with Crippen LogP contribution in [0.3, 0.4) is 0 Å². The summed E-state index contributed by atoms with van der Waals surface area (Å²) in [6.45, 7) is 0.883. The second-order valence-corrected chi connectivity index (χ2v) is 8.42. The third-order valence-electron chi connectivity index (χ3n) is 5.29. The Kier molecular flexibility index (Phi) is 10.2. The molecule has 5 heteroatoms. The van der Waals surface area contributed by atoms with Gasteiger partial charge in [-0.15, -0.1) is 0 Å². The van der Waals surface area contributed by atoms with Crippen LogP contribution in [-0.2, 0) is 0 Å². The van der Waals surface area contributed by atoms with Gasteiger partial charge in [-0.2, -0.15) is 0 Å². The minimum atomic E-state index is -0.404. The van der Waals surface area contributed by atoms with Gasteiger partial charge >= 0.3 is 0 Å². The molecule has 0 aromatic heterocycles. The molecule has 0 saturated heterocycles. The van der Waals surface area contributed by atoms with Crippen molar-refractivity contribution in [2.45, 2.75) is 38.5 Å². The van der Waals surface area contributed by atoms with Crippen LogP contribution in [0.1, 0.15) is 64.8 Å². The molecule has 0 unspecified atom stereocenters. The summed E-state index contributed by atoms with van der Waals surface area (Å²) in [5.74, 6) is 5.59. The van der Waals surface area contributed by atoms with Crippen LogP contribution in [0.5, 0.6) is 0 Å². The third-order valence-corrected chi connectivity index (χ3v) is 5.55. The van der Waals surface area contributed by atoms with E-state index in [1.54, 1.807) is 36.4 Å². The van der Waals surface area contributed by atoms with E-state index in [9.17, 15) is 9.59 Å². The van der Waals surface area contributed by atoms with Crippen molar-refractivity contribution >= 4 is 29.1 Å². The zero-order chi connectivity index (χ0) is 24.0. The van der Waals surface area contributed by atoms with E-state index in [0.717, 1.165) is 42.1 Å². The van der Waals surface area contributed by atoms with Crippen LogP contribution in [0.4, 0.5) is 5.69 Å². The molecule has 0 bridgehead atoms. The highest BCUT2D eigenvalue weighted by Gasteiger charge is 2.11. The average Bonchev–Trinajstić information content (AvgIpc) is 2.87. The minimum Gasteiger partial charge on any atom is -0.385 e. The zero-order valence-corrected chi connectivity index (χ0v) is 19.9. The summed E-state index contributed by atoms with van der Waals surface area (Å²) in [5, 5.41) is 6.53. The van der Waals surface area contributed by atoms with E-state index in [1.807, 2.05) is 42.5 Å². The van der Waals surface area contributed by atoms with E-state index in [4.69, 9.17) is 11.6 Å². The largest absolute Gasteiger partial charge is 0.385 e. The SMILES string of the molecule is O=C(NC(=O)c1ccc(NCCCCCCCC#Cc2ccc(Cl)cc2)cc1)c1ccccc1. The lowest BCUT2D eigenvalue weighted by molar-refractivity contribution is 0.0849. The normalized spacial score (nSPS) is 10.1. The molecular weight excluding hydrogens is 444 g/mol. The lowest BCUT2D eigenvalue weighted by Gasteiger charge is -2.08. The number of nitrogens with one attached hydrogen (secondary N) is 2. The van der Waals surface area contributed by atoms with Gasteiger partial charge in [0.1, 0.15) is 0 Å². The quantitative estimate of drug-likeness (QED) is 0.196. The molecule has 2 amide bonds. The van der Waals surface area contributed by atoms with Crippen LogP contribution in [-0.4, -0.2) is 18.4 Å². The monoisotopic (exact) mass is 472 g/mol. The molecule has 3 aromatic rings. The van der Waals surface area contributed by atoms with Gasteiger partial charge in [-0.1, -0.05) is 60.9 Å². The first-order chi connectivity index (χ1) is 16.6. The molecule has 0 aliphatic rings. The fourth-order valence-corrected chi connectivity index (χ4v) is 3.50. The number of unbranched alkanes of at least 4 members (excludes halogenated alkanes) is 5. The van der Waals surface area contributed by atoms with Crippen molar-refractivity contribution in [3.63, 3.8) is 0 Å². The molecular formula is C29H29ClN2O2. The molecule has 34 heavy (non-hydrogen) atoms. The average molecular weight is 473 g/mol. The number of halogens is 1. The second kappa shape index (κ2) is 13.9. The molecule has 0 aliphatic carbocycles. The Morgan fingerprint density at radius 1 is 0.706 bits per heavy atom. The van der Waals surface area contributed by atoms with Crippen molar-refractivity contribution in [3.05, 3.63) is 101 Å². The van der Waals surface area contributed by atoms with Crippen LogP contribution in [0.25, 0.3) is 0 Å². The molecule has 0 aliphatic heterocycles. The van der Waals surface area contributed by atoms with E-state index in [0.29, 0.717) is 11.1 Å². The van der Waals surface area contributed by atoms with Crippen LogP contribution >= 0.6 is 11.6 Å². The smallest absolute Gasteiger partial charge is 0.258 e. The number of amides is 2. The fraction of sp³-hybridized carbons (Fsp3) is 0.241. The standard InChI is InChI=1S/C29H29ClN2O2/c30-26-18-14-23(15-19-26)11-7-4-2-1-3-5-10-22-31-27-20-16-25(17-21-27)29(34)32-28(33)24-12-8-6-9-13-24/h6,8-9,12-21,31H,1-5,10,22H2,(H,32,33,34). The number of carbonyl (C=O) groups is 2. The zero-order valence-electron chi connectivity index (χ0n) is 19.1. The highest BCUT2D eigenvalue weighted by molar-refractivity contribution is 6.30. The number of carbonyl (C=O) groups excluding carboxylic acids is 2. The Bertz CT molecular complexity index is 1110. The first-order valence-corrected chi connectivity index (χ1v) is 12.0. The first kappa shape index (κ1) is 25.1. The Morgan fingerprint density at radius 2 is 1.32 bits per heavy atom. The molecule has 0 saturated carbocycles. The van der Waals surface area contributed by atoms with Crippen LogP contribution in [0.15, 0.2) is 78.9 Å². The molecule has 0 heterocycles. The van der Waals surface area contributed by atoms with Gasteiger partial charge in [0.05, 0.1) is 0 Å². The lowest BCUT2D eigenvalue weighted by atomic mass is 10.1. The van der Waals surface area contributed by atoms with Crippen molar-refractivity contribution in [1.82, 2.24) is 5.32 Å². The number of hydrogen-bond acceptors (Lipinski definition) is 3. The van der Waals surface area contributed by atoms with Gasteiger partial charge in [-0.05, 0) is 73.5 Å². The molecule has 0 atom stereocenters. The third kappa shape index (κ3) is 8.77. The second-order valence-electron chi connectivity index (χ2n) is 7.98. The predicted molar refractivity (Wildman–Crippen MR) is 139 cm³/mol. The number of rotatable bonds is 10. The predicted octanol–water partition coefficient (Wildman–Crippen LogP) is 6.71. The number of hydrogen-bond donors (Lipinski definition) is 2. The van der Waals surface area contributed by atoms with Crippen molar-refractivity contribution in [2.75, 3.05) is 11.9 Å². The molecule has 2 N–H and O–H groups in total. The number of benzene rings is 3. The Balaban J connectivity index is 1.26. The summed E-state index contributed by atoms with van der Waals surface area (Å²) >= 11 is 5.87. The number of imide groups is 1. The van der Waals surface area contributed by atoms with Gasteiger partial charge in [-0.25, -0.2) is 0 Å². The van der Waals surface area contributed by atoms with Crippen molar-refractivity contribution < 1.29 is 9.59 Å². The summed E-state index contributed by atoms with van der Waals surface area (Å²) in [5.41, 5.74) is 2.88. The first-order valence-electron chi connectivity index (χ1n) is 11.6. The Hall–Kier alpha value is -3.55. The molecule has 4 nitrogen and oxygen atoms in total. The maximum Gasteiger partial charge on any atom is 0.258 e. The molecule has 0 fully saturated rings. The van der Waals surface area contributed by atoms with Gasteiger partial charge < -0.3 is 5.32 Å². The summed E-state index contributed by atoms with van der Waals surface area (Å²) in [4.78, 5) is 24.4. The van der Waals surface area contributed by atoms with Crippen LogP contribution in [0, 0.1) is 11.8 Å². The van der Waals surface area contributed by atoms with Gasteiger partial charge in [0.15, 0.2) is 0 Å². The van der Waals surface area contributed by atoms with E-state index in [-0.39, 0.29) is 0 Å². The van der Waals surface area contributed by atoms with Crippen LogP contribution in [0.2, 0.25) is 5.02 Å². The van der Waals surface area contributed by atoms with Crippen molar-refractivity contribution in [3.8, 4) is 11.8 Å². The molecule has 3 aromatic carbocycles. The van der Waals surface area contributed by atoms with Gasteiger partial charge in [0.25, 0.3) is 11.8 Å². The summed E-state index contributed by atoms with van der Waals surface area (Å²) in [7, 11) is 0. The van der Waals surface area contributed by atoms with Crippen molar-refractivity contribution in [1.29, 1.82) is 0 Å². The molecule has 0 radical (unpaired) electrons. The summed E-state index contributed by atoms with van der Waals surface area (Å²) in [6.07, 6.45) is 6.66. The topological polar surface area (TPSA) is 58.2 Å². The fourth-order valence-electron chi connectivity index (χ4n) is 3.38.